The van der Waals surface area contributed by atoms with Gasteiger partial charge in [-0.2, -0.15) is 0 Å². The van der Waals surface area contributed by atoms with Gasteiger partial charge in [-0.15, -0.1) is 0 Å². The molecule has 110 valence electrons. The van der Waals surface area contributed by atoms with E-state index in [1.165, 1.54) is 0 Å². The topological polar surface area (TPSA) is 55.8 Å². The Morgan fingerprint density at radius 2 is 2.25 bits per heavy atom. The number of rotatable bonds is 6. The van der Waals surface area contributed by atoms with E-state index in [0.717, 1.165) is 37.2 Å². The second-order valence-corrected chi connectivity index (χ2v) is 5.28. The molecule has 0 radical (unpaired) electrons. The molecule has 4 nitrogen and oxygen atoms in total. The van der Waals surface area contributed by atoms with Crippen LogP contribution in [0.4, 0.5) is 0 Å². The molecule has 2 rings (SSSR count). The first-order chi connectivity index (χ1) is 9.70. The quantitative estimate of drug-likeness (QED) is 0.869. The molecule has 1 aromatic rings. The molecule has 1 N–H and O–H groups in total. The molecular weight excluding hydrogens is 256 g/mol. The number of hydrogen-bond acceptors (Lipinski definition) is 3. The highest BCUT2D eigenvalue weighted by atomic mass is 16.5. The summed E-state index contributed by atoms with van der Waals surface area (Å²) in [6.07, 6.45) is 4.33. The third-order valence-corrected chi connectivity index (χ3v) is 3.83. The molecule has 0 aliphatic carbocycles. The van der Waals surface area contributed by atoms with Crippen LogP contribution in [0.15, 0.2) is 24.3 Å². The van der Waals surface area contributed by atoms with Gasteiger partial charge < -0.3 is 14.6 Å². The Labute approximate surface area is 119 Å². The molecule has 2 atom stereocenters. The second kappa shape index (κ2) is 7.29. The molecule has 1 aromatic carbocycles. The fourth-order valence-corrected chi connectivity index (χ4v) is 2.72. The minimum atomic E-state index is -0.759. The van der Waals surface area contributed by atoms with E-state index in [1.54, 1.807) is 7.11 Å². The Balaban J connectivity index is 2.03. The molecule has 1 aliphatic rings. The van der Waals surface area contributed by atoms with Gasteiger partial charge in [0.2, 0.25) is 0 Å². The molecule has 2 unspecified atom stereocenters. The van der Waals surface area contributed by atoms with Gasteiger partial charge in [-0.25, -0.2) is 0 Å². The lowest BCUT2D eigenvalue weighted by atomic mass is 9.91. The van der Waals surface area contributed by atoms with Crippen molar-refractivity contribution in [2.24, 2.45) is 5.92 Å². The summed E-state index contributed by atoms with van der Waals surface area (Å²) in [4.78, 5) is 11.5. The zero-order chi connectivity index (χ0) is 14.4. The zero-order valence-corrected chi connectivity index (χ0v) is 11.9. The van der Waals surface area contributed by atoms with Gasteiger partial charge in [-0.05, 0) is 43.7 Å². The maximum atomic E-state index is 11.5. The summed E-state index contributed by atoms with van der Waals surface area (Å²) < 4.78 is 11.0. The largest absolute Gasteiger partial charge is 0.496 e. The minimum absolute atomic E-state index is 0.0829. The highest BCUT2D eigenvalue weighted by Crippen LogP contribution is 2.26. The first-order valence-electron chi connectivity index (χ1n) is 7.17. The Bertz CT molecular complexity index is 438. The van der Waals surface area contributed by atoms with Gasteiger partial charge in [0.25, 0.3) is 0 Å². The van der Waals surface area contributed by atoms with Crippen LogP contribution in [-0.4, -0.2) is 30.9 Å². The lowest BCUT2D eigenvalue weighted by molar-refractivity contribution is -0.143. The number of aliphatic carboxylic acids is 1. The molecule has 1 saturated heterocycles. The summed E-state index contributed by atoms with van der Waals surface area (Å²) in [6, 6.07) is 7.60. The van der Waals surface area contributed by atoms with E-state index < -0.39 is 11.9 Å². The van der Waals surface area contributed by atoms with E-state index in [2.05, 4.69) is 0 Å². The van der Waals surface area contributed by atoms with E-state index >= 15 is 0 Å². The van der Waals surface area contributed by atoms with Gasteiger partial charge in [0.1, 0.15) is 5.75 Å². The van der Waals surface area contributed by atoms with Crippen molar-refractivity contribution in [3.8, 4) is 5.75 Å². The maximum absolute atomic E-state index is 11.5. The summed E-state index contributed by atoms with van der Waals surface area (Å²) in [7, 11) is 1.61. The average molecular weight is 278 g/mol. The molecular formula is C16H22O4. The van der Waals surface area contributed by atoms with E-state index in [4.69, 9.17) is 9.47 Å². The van der Waals surface area contributed by atoms with Crippen molar-refractivity contribution in [1.29, 1.82) is 0 Å². The normalized spacial score (nSPS) is 20.4. The van der Waals surface area contributed by atoms with Crippen LogP contribution >= 0.6 is 0 Å². The second-order valence-electron chi connectivity index (χ2n) is 5.28. The zero-order valence-electron chi connectivity index (χ0n) is 11.9. The van der Waals surface area contributed by atoms with Gasteiger partial charge in [-0.1, -0.05) is 18.2 Å². The number of para-hydroxylation sites is 1. The third kappa shape index (κ3) is 3.97. The summed E-state index contributed by atoms with van der Waals surface area (Å²) in [5.74, 6) is -0.428. The number of carboxylic acids is 1. The van der Waals surface area contributed by atoms with Gasteiger partial charge in [0, 0.05) is 6.61 Å². The fourth-order valence-electron chi connectivity index (χ4n) is 2.72. The van der Waals surface area contributed by atoms with E-state index in [1.807, 2.05) is 24.3 Å². The van der Waals surface area contributed by atoms with Crippen molar-refractivity contribution in [1.82, 2.24) is 0 Å². The van der Waals surface area contributed by atoms with Crippen molar-refractivity contribution in [3.05, 3.63) is 29.8 Å². The summed E-state index contributed by atoms with van der Waals surface area (Å²) in [5.41, 5.74) is 0.943. The van der Waals surface area contributed by atoms with Crippen LogP contribution in [0.1, 0.15) is 31.2 Å². The van der Waals surface area contributed by atoms with Crippen molar-refractivity contribution < 1.29 is 19.4 Å². The lowest BCUT2D eigenvalue weighted by Crippen LogP contribution is -2.27. The smallest absolute Gasteiger partial charge is 0.306 e. The van der Waals surface area contributed by atoms with Crippen molar-refractivity contribution >= 4 is 5.97 Å². The van der Waals surface area contributed by atoms with Crippen molar-refractivity contribution in [2.45, 2.75) is 38.2 Å². The molecule has 1 fully saturated rings. The predicted molar refractivity (Wildman–Crippen MR) is 76.0 cm³/mol. The average Bonchev–Trinajstić information content (AvgIpc) is 2.48. The predicted octanol–water partition coefficient (Wildman–Crippen LogP) is 2.90. The Morgan fingerprint density at radius 1 is 1.45 bits per heavy atom. The number of methoxy groups -OCH3 is 1. The Morgan fingerprint density at radius 3 is 2.90 bits per heavy atom. The number of ether oxygens (including phenoxy) is 2. The van der Waals surface area contributed by atoms with Gasteiger partial charge in [0.05, 0.1) is 19.1 Å². The van der Waals surface area contributed by atoms with Crippen LogP contribution in [0.2, 0.25) is 0 Å². The standard InChI is InChI=1S/C16H22O4/c1-19-15-8-3-2-6-12(15)10-13(16(17)18)11-14-7-4-5-9-20-14/h2-3,6,8,13-14H,4-5,7,9-11H2,1H3,(H,17,18). The molecule has 1 aliphatic heterocycles. The molecule has 1 heterocycles. The van der Waals surface area contributed by atoms with E-state index in [-0.39, 0.29) is 6.10 Å². The first-order valence-corrected chi connectivity index (χ1v) is 7.17. The maximum Gasteiger partial charge on any atom is 0.306 e. The van der Waals surface area contributed by atoms with E-state index in [9.17, 15) is 9.90 Å². The minimum Gasteiger partial charge on any atom is -0.496 e. The van der Waals surface area contributed by atoms with Crippen molar-refractivity contribution in [2.75, 3.05) is 13.7 Å². The molecule has 0 aromatic heterocycles. The van der Waals surface area contributed by atoms with Crippen LogP contribution in [-0.2, 0) is 16.0 Å². The van der Waals surface area contributed by atoms with Crippen LogP contribution in [0.5, 0.6) is 5.75 Å². The number of carbonyl (C=O) groups is 1. The number of carboxylic acid groups (broad SMARTS) is 1. The van der Waals surface area contributed by atoms with Gasteiger partial charge >= 0.3 is 5.97 Å². The third-order valence-electron chi connectivity index (χ3n) is 3.83. The highest BCUT2D eigenvalue weighted by Gasteiger charge is 2.25. The SMILES string of the molecule is COc1ccccc1CC(CC1CCCCO1)C(=O)O. The fraction of sp³-hybridized carbons (Fsp3) is 0.562. The highest BCUT2D eigenvalue weighted by molar-refractivity contribution is 5.70. The molecule has 4 heteroatoms. The van der Waals surface area contributed by atoms with Gasteiger partial charge in [-0.3, -0.25) is 4.79 Å². The van der Waals surface area contributed by atoms with Crippen molar-refractivity contribution in [3.63, 3.8) is 0 Å². The summed E-state index contributed by atoms with van der Waals surface area (Å²) in [5, 5.41) is 9.43. The molecule has 0 saturated carbocycles. The Kier molecular flexibility index (Phi) is 5.41. The number of hydrogen-bond donors (Lipinski definition) is 1. The molecule has 0 amide bonds. The van der Waals surface area contributed by atoms with Crippen LogP contribution < -0.4 is 4.74 Å². The lowest BCUT2D eigenvalue weighted by Gasteiger charge is -2.25. The monoisotopic (exact) mass is 278 g/mol. The van der Waals surface area contributed by atoms with Crippen LogP contribution in [0.25, 0.3) is 0 Å². The summed E-state index contributed by atoms with van der Waals surface area (Å²) in [6.45, 7) is 0.756. The van der Waals surface area contributed by atoms with Gasteiger partial charge in [0.15, 0.2) is 0 Å². The first kappa shape index (κ1) is 14.9. The van der Waals surface area contributed by atoms with Crippen LogP contribution in [0, 0.1) is 5.92 Å². The van der Waals surface area contributed by atoms with E-state index in [0.29, 0.717) is 12.8 Å². The summed E-state index contributed by atoms with van der Waals surface area (Å²) >= 11 is 0. The molecule has 0 spiro atoms. The van der Waals surface area contributed by atoms with Crippen LogP contribution in [0.3, 0.4) is 0 Å². The molecule has 0 bridgehead atoms. The molecule has 20 heavy (non-hydrogen) atoms. The Hall–Kier alpha value is -1.55. The number of benzene rings is 1.